The van der Waals surface area contributed by atoms with E-state index in [2.05, 4.69) is 22.0 Å². The Hall–Kier alpha value is -3.93. The average molecular weight is 426 g/mol. The molecule has 0 unspecified atom stereocenters. The SMILES string of the molecule is O=C(c1ccc(-c2ccccc2)cc1)N1CCN(c2nccn2-c2ccccc2F)CC1. The fraction of sp³-hybridized carbons (Fsp3) is 0.154. The zero-order chi connectivity index (χ0) is 21.9. The molecule has 0 bridgehead atoms. The second-order valence-corrected chi connectivity index (χ2v) is 7.77. The van der Waals surface area contributed by atoms with Crippen LogP contribution in [0.25, 0.3) is 16.8 Å². The molecular weight excluding hydrogens is 403 g/mol. The molecule has 5 rings (SSSR count). The summed E-state index contributed by atoms with van der Waals surface area (Å²) in [5.74, 6) is 0.427. The van der Waals surface area contributed by atoms with Crippen LogP contribution >= 0.6 is 0 Å². The number of halogens is 1. The second-order valence-electron chi connectivity index (χ2n) is 7.77. The van der Waals surface area contributed by atoms with Crippen molar-refractivity contribution in [2.24, 2.45) is 0 Å². The van der Waals surface area contributed by atoms with Crippen molar-refractivity contribution < 1.29 is 9.18 Å². The van der Waals surface area contributed by atoms with Gasteiger partial charge in [-0.2, -0.15) is 0 Å². The molecule has 6 heteroatoms. The van der Waals surface area contributed by atoms with Crippen LogP contribution < -0.4 is 4.90 Å². The number of hydrogen-bond donors (Lipinski definition) is 0. The van der Waals surface area contributed by atoms with Gasteiger partial charge in [-0.1, -0.05) is 54.6 Å². The second kappa shape index (κ2) is 8.67. The maximum atomic E-state index is 14.3. The Bertz CT molecular complexity index is 1210. The molecule has 4 aromatic rings. The van der Waals surface area contributed by atoms with Crippen molar-refractivity contribution in [1.82, 2.24) is 14.5 Å². The molecule has 32 heavy (non-hydrogen) atoms. The van der Waals surface area contributed by atoms with E-state index in [1.165, 1.54) is 6.07 Å². The van der Waals surface area contributed by atoms with Crippen LogP contribution in [0.2, 0.25) is 0 Å². The van der Waals surface area contributed by atoms with Gasteiger partial charge in [-0.15, -0.1) is 0 Å². The molecule has 1 saturated heterocycles. The van der Waals surface area contributed by atoms with Gasteiger partial charge in [0.05, 0.1) is 5.69 Å². The highest BCUT2D eigenvalue weighted by atomic mass is 19.1. The zero-order valence-electron chi connectivity index (χ0n) is 17.6. The lowest BCUT2D eigenvalue weighted by atomic mass is 10.0. The number of amides is 1. The maximum absolute atomic E-state index is 14.3. The Labute approximate surface area is 186 Å². The van der Waals surface area contributed by atoms with Crippen molar-refractivity contribution >= 4 is 11.9 Å². The van der Waals surface area contributed by atoms with Crippen molar-refractivity contribution in [3.05, 3.63) is 103 Å². The van der Waals surface area contributed by atoms with Gasteiger partial charge in [-0.3, -0.25) is 9.36 Å². The molecule has 0 spiro atoms. The predicted molar refractivity (Wildman–Crippen MR) is 124 cm³/mol. The topological polar surface area (TPSA) is 41.4 Å². The van der Waals surface area contributed by atoms with E-state index in [9.17, 15) is 9.18 Å². The van der Waals surface area contributed by atoms with Crippen LogP contribution in [0.1, 0.15) is 10.4 Å². The summed E-state index contributed by atoms with van der Waals surface area (Å²) in [4.78, 5) is 21.4. The summed E-state index contributed by atoms with van der Waals surface area (Å²) in [5, 5.41) is 0. The highest BCUT2D eigenvalue weighted by Gasteiger charge is 2.25. The van der Waals surface area contributed by atoms with Crippen molar-refractivity contribution in [2.75, 3.05) is 31.1 Å². The number of piperazine rings is 1. The summed E-state index contributed by atoms with van der Waals surface area (Å²) in [5.41, 5.74) is 3.38. The molecule has 1 aliphatic rings. The summed E-state index contributed by atoms with van der Waals surface area (Å²) < 4.78 is 16.0. The summed E-state index contributed by atoms with van der Waals surface area (Å²) >= 11 is 0. The average Bonchev–Trinajstić information content (AvgIpc) is 3.34. The predicted octanol–water partition coefficient (Wildman–Crippen LogP) is 4.64. The van der Waals surface area contributed by atoms with E-state index >= 15 is 0 Å². The van der Waals surface area contributed by atoms with Gasteiger partial charge in [0.15, 0.2) is 0 Å². The maximum Gasteiger partial charge on any atom is 0.253 e. The lowest BCUT2D eigenvalue weighted by molar-refractivity contribution is 0.0746. The van der Waals surface area contributed by atoms with Gasteiger partial charge in [0, 0.05) is 44.1 Å². The fourth-order valence-corrected chi connectivity index (χ4v) is 4.09. The molecule has 0 atom stereocenters. The van der Waals surface area contributed by atoms with Crippen LogP contribution in [0.15, 0.2) is 91.3 Å². The monoisotopic (exact) mass is 426 g/mol. The van der Waals surface area contributed by atoms with Crippen molar-refractivity contribution in [3.63, 3.8) is 0 Å². The van der Waals surface area contributed by atoms with E-state index in [0.717, 1.165) is 11.1 Å². The third-order valence-corrected chi connectivity index (χ3v) is 5.82. The first-order valence-electron chi connectivity index (χ1n) is 10.7. The van der Waals surface area contributed by atoms with Gasteiger partial charge in [0.2, 0.25) is 5.95 Å². The highest BCUT2D eigenvalue weighted by Crippen LogP contribution is 2.23. The Morgan fingerprint density at radius 1 is 0.781 bits per heavy atom. The van der Waals surface area contributed by atoms with Gasteiger partial charge < -0.3 is 9.80 Å². The van der Waals surface area contributed by atoms with Crippen LogP contribution in [-0.4, -0.2) is 46.5 Å². The summed E-state index contributed by atoms with van der Waals surface area (Å²) in [6.07, 6.45) is 3.44. The molecular formula is C26H23FN4O. The van der Waals surface area contributed by atoms with Gasteiger partial charge in [0.1, 0.15) is 5.82 Å². The Morgan fingerprint density at radius 3 is 2.16 bits per heavy atom. The van der Waals surface area contributed by atoms with Crippen LogP contribution in [-0.2, 0) is 0 Å². The molecule has 0 aliphatic carbocycles. The lowest BCUT2D eigenvalue weighted by Gasteiger charge is -2.35. The minimum absolute atomic E-state index is 0.0294. The third kappa shape index (κ3) is 3.87. The molecule has 0 saturated carbocycles. The van der Waals surface area contributed by atoms with E-state index < -0.39 is 0 Å². The fourth-order valence-electron chi connectivity index (χ4n) is 4.09. The summed E-state index contributed by atoms with van der Waals surface area (Å²) in [6, 6.07) is 24.5. The van der Waals surface area contributed by atoms with Crippen molar-refractivity contribution in [3.8, 4) is 16.8 Å². The number of hydrogen-bond acceptors (Lipinski definition) is 3. The van der Waals surface area contributed by atoms with E-state index in [0.29, 0.717) is 43.4 Å². The number of carbonyl (C=O) groups excluding carboxylic acids is 1. The quantitative estimate of drug-likeness (QED) is 0.477. The molecule has 1 fully saturated rings. The first kappa shape index (κ1) is 20.0. The normalized spacial score (nSPS) is 13.9. The smallest absolute Gasteiger partial charge is 0.253 e. The summed E-state index contributed by atoms with van der Waals surface area (Å²) in [6.45, 7) is 2.45. The van der Waals surface area contributed by atoms with Gasteiger partial charge in [-0.05, 0) is 35.4 Å². The van der Waals surface area contributed by atoms with Gasteiger partial charge in [-0.25, -0.2) is 9.37 Å². The molecule has 1 aromatic heterocycles. The molecule has 3 aromatic carbocycles. The first-order valence-corrected chi connectivity index (χ1v) is 10.7. The van der Waals surface area contributed by atoms with Crippen LogP contribution in [0, 0.1) is 5.82 Å². The van der Waals surface area contributed by atoms with Gasteiger partial charge in [0.25, 0.3) is 5.91 Å². The number of nitrogens with zero attached hydrogens (tertiary/aromatic N) is 4. The summed E-state index contributed by atoms with van der Waals surface area (Å²) in [7, 11) is 0. The zero-order valence-corrected chi connectivity index (χ0v) is 17.6. The molecule has 1 aliphatic heterocycles. The Balaban J connectivity index is 1.26. The van der Waals surface area contributed by atoms with Crippen molar-refractivity contribution in [2.45, 2.75) is 0 Å². The van der Waals surface area contributed by atoms with Crippen molar-refractivity contribution in [1.29, 1.82) is 0 Å². The number of aromatic nitrogens is 2. The van der Waals surface area contributed by atoms with E-state index in [-0.39, 0.29) is 11.7 Å². The Kier molecular flexibility index (Phi) is 5.42. The van der Waals surface area contributed by atoms with Gasteiger partial charge >= 0.3 is 0 Å². The van der Waals surface area contributed by atoms with Crippen LogP contribution in [0.4, 0.5) is 10.3 Å². The third-order valence-electron chi connectivity index (χ3n) is 5.82. The first-order chi connectivity index (χ1) is 15.7. The molecule has 1 amide bonds. The molecule has 5 nitrogen and oxygen atoms in total. The van der Waals surface area contributed by atoms with E-state index in [4.69, 9.17) is 0 Å². The lowest BCUT2D eigenvalue weighted by Crippen LogP contribution is -2.49. The molecule has 0 N–H and O–H groups in total. The number of para-hydroxylation sites is 1. The number of benzene rings is 3. The minimum atomic E-state index is -0.292. The van der Waals surface area contributed by atoms with Crippen LogP contribution in [0.5, 0.6) is 0 Å². The molecule has 160 valence electrons. The molecule has 2 heterocycles. The number of carbonyl (C=O) groups is 1. The number of imidazole rings is 1. The van der Waals surface area contributed by atoms with E-state index in [1.54, 1.807) is 29.1 Å². The standard InChI is InChI=1S/C26H23FN4O/c27-23-8-4-5-9-24(23)31-15-14-28-26(31)30-18-16-29(17-19-30)25(32)22-12-10-21(11-13-22)20-6-2-1-3-7-20/h1-15H,16-19H2. The minimum Gasteiger partial charge on any atom is -0.338 e. The van der Waals surface area contributed by atoms with Crippen LogP contribution in [0.3, 0.4) is 0 Å². The molecule has 0 radical (unpaired) electrons. The Morgan fingerprint density at radius 2 is 1.44 bits per heavy atom. The van der Waals surface area contributed by atoms with E-state index in [1.807, 2.05) is 53.4 Å². The number of rotatable bonds is 4. The largest absolute Gasteiger partial charge is 0.338 e. The number of anilines is 1. The highest BCUT2D eigenvalue weighted by molar-refractivity contribution is 5.95.